The van der Waals surface area contributed by atoms with Crippen LogP contribution in [0, 0.1) is 5.82 Å². The monoisotopic (exact) mass is 424 g/mol. The van der Waals surface area contributed by atoms with Gasteiger partial charge in [0.1, 0.15) is 17.3 Å². The lowest BCUT2D eigenvalue weighted by Crippen LogP contribution is -2.52. The Morgan fingerprint density at radius 3 is 2.68 bits per heavy atom. The van der Waals surface area contributed by atoms with Crippen LogP contribution in [-0.4, -0.2) is 54.3 Å². The Labute approximate surface area is 182 Å². The van der Waals surface area contributed by atoms with Crippen LogP contribution in [0.2, 0.25) is 0 Å². The fourth-order valence-electron chi connectivity index (χ4n) is 4.31. The zero-order valence-electron chi connectivity index (χ0n) is 17.8. The Hall–Kier alpha value is -2.67. The van der Waals surface area contributed by atoms with Crippen molar-refractivity contribution in [2.75, 3.05) is 33.4 Å². The fraction of sp³-hybridized carbons (Fsp3) is 0.360. The van der Waals surface area contributed by atoms with Gasteiger partial charge in [-0.15, -0.1) is 0 Å². The first kappa shape index (κ1) is 21.6. The summed E-state index contributed by atoms with van der Waals surface area (Å²) in [4.78, 5) is 4.68. The van der Waals surface area contributed by atoms with E-state index in [1.54, 1.807) is 18.4 Å². The number of piperazine rings is 1. The predicted molar refractivity (Wildman–Crippen MR) is 118 cm³/mol. The highest BCUT2D eigenvalue weighted by atomic mass is 19.1. The Morgan fingerprint density at radius 2 is 1.94 bits per heavy atom. The van der Waals surface area contributed by atoms with Crippen LogP contribution >= 0.6 is 0 Å². The molecular formula is C25H29FN2O3. The maximum absolute atomic E-state index is 14.5. The Bertz CT molecular complexity index is 977. The molecule has 0 spiro atoms. The molecule has 0 radical (unpaired) electrons. The van der Waals surface area contributed by atoms with Gasteiger partial charge in [-0.25, -0.2) is 4.39 Å². The molecule has 3 aromatic rings. The van der Waals surface area contributed by atoms with Gasteiger partial charge in [-0.1, -0.05) is 30.3 Å². The van der Waals surface area contributed by atoms with Crippen molar-refractivity contribution in [3.05, 3.63) is 77.8 Å². The van der Waals surface area contributed by atoms with E-state index in [2.05, 4.69) is 28.0 Å². The van der Waals surface area contributed by atoms with E-state index >= 15 is 0 Å². The van der Waals surface area contributed by atoms with Gasteiger partial charge in [0.2, 0.25) is 0 Å². The molecule has 1 fully saturated rings. The molecule has 2 aromatic carbocycles. The zero-order valence-corrected chi connectivity index (χ0v) is 17.8. The SMILES string of the molecule is COc1ccc(CN2CCN(Cc3ccccc3-c3ccco3)CC2CCO)c(F)c1. The number of rotatable bonds is 8. The molecule has 5 nitrogen and oxygen atoms in total. The molecule has 0 saturated carbocycles. The number of nitrogens with zero attached hydrogens (tertiary/aromatic N) is 2. The van der Waals surface area contributed by atoms with Crippen LogP contribution in [-0.2, 0) is 13.1 Å². The molecule has 0 amide bonds. The van der Waals surface area contributed by atoms with Crippen molar-refractivity contribution in [2.24, 2.45) is 0 Å². The molecule has 0 aliphatic carbocycles. The normalized spacial score (nSPS) is 17.7. The number of hydrogen-bond acceptors (Lipinski definition) is 5. The van der Waals surface area contributed by atoms with Crippen LogP contribution in [0.5, 0.6) is 5.75 Å². The number of furan rings is 1. The molecule has 4 rings (SSSR count). The number of aliphatic hydroxyl groups is 1. The minimum Gasteiger partial charge on any atom is -0.497 e. The number of ether oxygens (including phenoxy) is 1. The lowest BCUT2D eigenvalue weighted by atomic mass is 10.0. The molecule has 2 heterocycles. The van der Waals surface area contributed by atoms with Crippen molar-refractivity contribution in [2.45, 2.75) is 25.6 Å². The van der Waals surface area contributed by atoms with E-state index in [1.807, 2.05) is 18.2 Å². The summed E-state index contributed by atoms with van der Waals surface area (Å²) < 4.78 is 25.2. The van der Waals surface area contributed by atoms with Gasteiger partial charge >= 0.3 is 0 Å². The van der Waals surface area contributed by atoms with E-state index in [9.17, 15) is 9.50 Å². The molecule has 1 N–H and O–H groups in total. The van der Waals surface area contributed by atoms with Gasteiger partial charge in [-0.05, 0) is 30.2 Å². The van der Waals surface area contributed by atoms with Crippen molar-refractivity contribution in [1.29, 1.82) is 0 Å². The summed E-state index contributed by atoms with van der Waals surface area (Å²) in [5.41, 5.74) is 2.98. The minimum absolute atomic E-state index is 0.114. The lowest BCUT2D eigenvalue weighted by molar-refractivity contribution is 0.0493. The number of halogens is 1. The van der Waals surface area contributed by atoms with E-state index in [0.29, 0.717) is 24.3 Å². The van der Waals surface area contributed by atoms with Crippen LogP contribution in [0.1, 0.15) is 17.5 Å². The Morgan fingerprint density at radius 1 is 1.06 bits per heavy atom. The number of aliphatic hydroxyl groups excluding tert-OH is 1. The lowest BCUT2D eigenvalue weighted by Gasteiger charge is -2.41. The first-order chi connectivity index (χ1) is 15.2. The topological polar surface area (TPSA) is 49.1 Å². The second-order valence-electron chi connectivity index (χ2n) is 7.96. The van der Waals surface area contributed by atoms with Crippen LogP contribution in [0.4, 0.5) is 4.39 Å². The third kappa shape index (κ3) is 5.15. The van der Waals surface area contributed by atoms with Crippen molar-refractivity contribution >= 4 is 0 Å². The summed E-state index contributed by atoms with van der Waals surface area (Å²) in [6.45, 7) is 3.97. The number of hydrogen-bond donors (Lipinski definition) is 1. The summed E-state index contributed by atoms with van der Waals surface area (Å²) in [7, 11) is 1.54. The van der Waals surface area contributed by atoms with Crippen LogP contribution < -0.4 is 4.74 Å². The third-order valence-electron chi connectivity index (χ3n) is 5.98. The van der Waals surface area contributed by atoms with E-state index in [-0.39, 0.29) is 18.5 Å². The first-order valence-electron chi connectivity index (χ1n) is 10.7. The Balaban J connectivity index is 1.45. The van der Waals surface area contributed by atoms with Crippen LogP contribution in [0.25, 0.3) is 11.3 Å². The molecular weight excluding hydrogens is 395 g/mol. The molecule has 1 aliphatic rings. The maximum Gasteiger partial charge on any atom is 0.134 e. The summed E-state index contributed by atoms with van der Waals surface area (Å²) in [5, 5.41) is 9.62. The van der Waals surface area contributed by atoms with Crippen molar-refractivity contribution < 1.29 is 18.7 Å². The van der Waals surface area contributed by atoms with Gasteiger partial charge < -0.3 is 14.3 Å². The molecule has 6 heteroatoms. The average molecular weight is 425 g/mol. The van der Waals surface area contributed by atoms with Gasteiger partial charge in [0.15, 0.2) is 0 Å². The molecule has 0 bridgehead atoms. The maximum atomic E-state index is 14.5. The molecule has 31 heavy (non-hydrogen) atoms. The standard InChI is InChI=1S/C25H29FN2O3/c1-30-22-9-8-20(24(26)15-22)17-28-12-11-27(18-21(28)10-13-29)16-19-5-2-3-6-23(19)25-7-4-14-31-25/h2-9,14-15,21,29H,10-13,16-18H2,1H3. The van der Waals surface area contributed by atoms with Gasteiger partial charge in [0.25, 0.3) is 0 Å². The molecule has 164 valence electrons. The fourth-order valence-corrected chi connectivity index (χ4v) is 4.31. The highest BCUT2D eigenvalue weighted by Gasteiger charge is 2.28. The van der Waals surface area contributed by atoms with Gasteiger partial charge in [0.05, 0.1) is 13.4 Å². The largest absolute Gasteiger partial charge is 0.497 e. The van der Waals surface area contributed by atoms with E-state index in [4.69, 9.17) is 9.15 Å². The van der Waals surface area contributed by atoms with Gasteiger partial charge in [0, 0.05) is 62.6 Å². The second-order valence-corrected chi connectivity index (χ2v) is 7.96. The highest BCUT2D eigenvalue weighted by Crippen LogP contribution is 2.27. The summed E-state index contributed by atoms with van der Waals surface area (Å²) >= 11 is 0. The highest BCUT2D eigenvalue weighted by molar-refractivity contribution is 5.61. The average Bonchev–Trinajstić information content (AvgIpc) is 3.32. The number of methoxy groups -OCH3 is 1. The van der Waals surface area contributed by atoms with Crippen LogP contribution in [0.3, 0.4) is 0 Å². The quantitative estimate of drug-likeness (QED) is 0.588. The number of benzene rings is 2. The smallest absolute Gasteiger partial charge is 0.134 e. The summed E-state index contributed by atoms with van der Waals surface area (Å²) in [6.07, 6.45) is 2.36. The molecule has 1 aliphatic heterocycles. The minimum atomic E-state index is -0.253. The van der Waals surface area contributed by atoms with Crippen molar-refractivity contribution in [3.63, 3.8) is 0 Å². The molecule has 1 aromatic heterocycles. The van der Waals surface area contributed by atoms with Gasteiger partial charge in [-0.2, -0.15) is 0 Å². The molecule has 1 unspecified atom stereocenters. The molecule has 1 atom stereocenters. The van der Waals surface area contributed by atoms with E-state index in [1.165, 1.54) is 18.7 Å². The van der Waals surface area contributed by atoms with Crippen molar-refractivity contribution in [3.8, 4) is 17.1 Å². The van der Waals surface area contributed by atoms with Crippen LogP contribution in [0.15, 0.2) is 65.3 Å². The first-order valence-corrected chi connectivity index (χ1v) is 10.7. The third-order valence-corrected chi connectivity index (χ3v) is 5.98. The Kier molecular flexibility index (Phi) is 7.02. The van der Waals surface area contributed by atoms with Gasteiger partial charge in [-0.3, -0.25) is 9.80 Å². The second kappa shape index (κ2) is 10.1. The zero-order chi connectivity index (χ0) is 21.6. The van der Waals surface area contributed by atoms with E-state index < -0.39 is 0 Å². The summed E-state index contributed by atoms with van der Waals surface area (Å²) in [6, 6.07) is 17.4. The van der Waals surface area contributed by atoms with Crippen molar-refractivity contribution in [1.82, 2.24) is 9.80 Å². The summed E-state index contributed by atoms with van der Waals surface area (Å²) in [5.74, 6) is 1.14. The molecule has 1 saturated heterocycles. The van der Waals surface area contributed by atoms with E-state index in [0.717, 1.165) is 37.5 Å². The predicted octanol–water partition coefficient (Wildman–Crippen LogP) is 4.16.